The average molecular weight is 333 g/mol. The van der Waals surface area contributed by atoms with Crippen molar-refractivity contribution < 1.29 is 9.47 Å². The highest BCUT2D eigenvalue weighted by atomic mass is 16.7. The van der Waals surface area contributed by atoms with Crippen LogP contribution in [-0.4, -0.2) is 23.1 Å². The van der Waals surface area contributed by atoms with E-state index in [1.807, 2.05) is 16.8 Å². The maximum atomic E-state index is 5.53. The summed E-state index contributed by atoms with van der Waals surface area (Å²) in [5.41, 5.74) is 6.97. The molecule has 2 aromatic carbocycles. The molecule has 1 aromatic heterocycles. The molecule has 2 aliphatic heterocycles. The zero-order valence-corrected chi connectivity index (χ0v) is 14.3. The standard InChI is InChI=1S/C20H19N3O2/c1-12-3-5-15(9-13(12)2)23-20-16(7-8-21-20)19(22-23)14-4-6-17-18(10-14)25-11-24-17/h3-6,9-10,21H,7-8,11H2,1-2H3. The van der Waals surface area contributed by atoms with Gasteiger partial charge in [0.05, 0.1) is 11.4 Å². The van der Waals surface area contributed by atoms with Crippen LogP contribution < -0.4 is 14.8 Å². The van der Waals surface area contributed by atoms with Crippen molar-refractivity contribution in [3.8, 4) is 28.4 Å². The topological polar surface area (TPSA) is 48.3 Å². The van der Waals surface area contributed by atoms with Crippen molar-refractivity contribution in [1.29, 1.82) is 0 Å². The van der Waals surface area contributed by atoms with Crippen LogP contribution in [0.25, 0.3) is 16.9 Å². The molecule has 5 rings (SSSR count). The number of hydrogen-bond donors (Lipinski definition) is 1. The number of nitrogens with one attached hydrogen (secondary N) is 1. The van der Waals surface area contributed by atoms with Crippen molar-refractivity contribution in [2.75, 3.05) is 18.7 Å². The van der Waals surface area contributed by atoms with Gasteiger partial charge in [-0.1, -0.05) is 6.07 Å². The molecule has 0 bridgehead atoms. The summed E-state index contributed by atoms with van der Waals surface area (Å²) in [4.78, 5) is 0. The SMILES string of the molecule is Cc1ccc(-n2nc(-c3ccc4c(c3)OCO4)c3c2NCC3)cc1C. The van der Waals surface area contributed by atoms with Gasteiger partial charge >= 0.3 is 0 Å². The van der Waals surface area contributed by atoms with E-state index in [0.29, 0.717) is 0 Å². The van der Waals surface area contributed by atoms with E-state index in [0.717, 1.165) is 47.2 Å². The van der Waals surface area contributed by atoms with Gasteiger partial charge in [-0.25, -0.2) is 4.68 Å². The molecule has 0 atom stereocenters. The van der Waals surface area contributed by atoms with Gasteiger partial charge in [0.2, 0.25) is 6.79 Å². The minimum atomic E-state index is 0.287. The highest BCUT2D eigenvalue weighted by Gasteiger charge is 2.25. The van der Waals surface area contributed by atoms with Gasteiger partial charge in [-0.2, -0.15) is 5.10 Å². The maximum absolute atomic E-state index is 5.53. The van der Waals surface area contributed by atoms with E-state index in [1.54, 1.807) is 0 Å². The third-order valence-corrected chi connectivity index (χ3v) is 5.03. The van der Waals surface area contributed by atoms with Gasteiger partial charge in [0, 0.05) is 17.7 Å². The van der Waals surface area contributed by atoms with E-state index < -0.39 is 0 Å². The van der Waals surface area contributed by atoms with Gasteiger partial charge in [0.1, 0.15) is 5.82 Å². The van der Waals surface area contributed by atoms with Crippen LogP contribution in [0.3, 0.4) is 0 Å². The second-order valence-corrected chi connectivity index (χ2v) is 6.60. The molecule has 0 saturated carbocycles. The lowest BCUT2D eigenvalue weighted by molar-refractivity contribution is 0.174. The smallest absolute Gasteiger partial charge is 0.231 e. The predicted octanol–water partition coefficient (Wildman–Crippen LogP) is 3.85. The Kier molecular flexibility index (Phi) is 3.04. The van der Waals surface area contributed by atoms with Gasteiger partial charge in [0.15, 0.2) is 11.5 Å². The number of rotatable bonds is 2. The van der Waals surface area contributed by atoms with Crippen molar-refractivity contribution in [3.63, 3.8) is 0 Å². The highest BCUT2D eigenvalue weighted by molar-refractivity contribution is 5.74. The number of fused-ring (bicyclic) bond motifs is 2. The number of hydrogen-bond acceptors (Lipinski definition) is 4. The summed E-state index contributed by atoms with van der Waals surface area (Å²) in [5.74, 6) is 2.68. The molecule has 1 N–H and O–H groups in total. The number of benzene rings is 2. The van der Waals surface area contributed by atoms with Gasteiger partial charge in [-0.05, 0) is 61.7 Å². The first kappa shape index (κ1) is 14.4. The normalized spacial score (nSPS) is 14.5. The Morgan fingerprint density at radius 1 is 1.00 bits per heavy atom. The van der Waals surface area contributed by atoms with Gasteiger partial charge < -0.3 is 14.8 Å². The van der Waals surface area contributed by atoms with Crippen molar-refractivity contribution in [3.05, 3.63) is 53.1 Å². The van der Waals surface area contributed by atoms with Crippen molar-refractivity contribution in [2.24, 2.45) is 0 Å². The van der Waals surface area contributed by atoms with E-state index in [1.165, 1.54) is 16.7 Å². The van der Waals surface area contributed by atoms with E-state index in [2.05, 4.69) is 43.4 Å². The third kappa shape index (κ3) is 2.19. The molecular formula is C20H19N3O2. The number of ether oxygens (including phenoxy) is 2. The van der Waals surface area contributed by atoms with Crippen LogP contribution in [0, 0.1) is 13.8 Å². The minimum Gasteiger partial charge on any atom is -0.454 e. The highest BCUT2D eigenvalue weighted by Crippen LogP contribution is 2.39. The van der Waals surface area contributed by atoms with E-state index in [9.17, 15) is 0 Å². The van der Waals surface area contributed by atoms with Gasteiger partial charge in [-0.3, -0.25) is 0 Å². The largest absolute Gasteiger partial charge is 0.454 e. The zero-order chi connectivity index (χ0) is 17.0. The molecule has 0 radical (unpaired) electrons. The quantitative estimate of drug-likeness (QED) is 0.774. The van der Waals surface area contributed by atoms with Crippen molar-refractivity contribution in [1.82, 2.24) is 9.78 Å². The zero-order valence-electron chi connectivity index (χ0n) is 14.3. The number of nitrogens with zero attached hydrogens (tertiary/aromatic N) is 2. The molecule has 0 amide bonds. The van der Waals surface area contributed by atoms with Crippen LogP contribution in [0.1, 0.15) is 16.7 Å². The number of aromatic nitrogens is 2. The second-order valence-electron chi connectivity index (χ2n) is 6.60. The van der Waals surface area contributed by atoms with Crippen LogP contribution in [0.2, 0.25) is 0 Å². The summed E-state index contributed by atoms with van der Waals surface area (Å²) >= 11 is 0. The van der Waals surface area contributed by atoms with Crippen LogP contribution in [-0.2, 0) is 6.42 Å². The fourth-order valence-corrected chi connectivity index (χ4v) is 3.49. The Bertz CT molecular complexity index is 991. The lowest BCUT2D eigenvalue weighted by atomic mass is 10.1. The predicted molar refractivity (Wildman–Crippen MR) is 96.8 cm³/mol. The molecule has 0 fully saturated rings. The lowest BCUT2D eigenvalue weighted by Gasteiger charge is -2.08. The first-order valence-corrected chi connectivity index (χ1v) is 8.54. The lowest BCUT2D eigenvalue weighted by Crippen LogP contribution is -2.04. The van der Waals surface area contributed by atoms with Crippen LogP contribution in [0.4, 0.5) is 5.82 Å². The summed E-state index contributed by atoms with van der Waals surface area (Å²) in [7, 11) is 0. The van der Waals surface area contributed by atoms with Crippen LogP contribution >= 0.6 is 0 Å². The molecule has 25 heavy (non-hydrogen) atoms. The number of anilines is 1. The first-order chi connectivity index (χ1) is 12.2. The second kappa shape index (κ2) is 5.28. The summed E-state index contributed by atoms with van der Waals surface area (Å²) in [6.45, 7) is 5.49. The Morgan fingerprint density at radius 3 is 2.76 bits per heavy atom. The molecule has 126 valence electrons. The average Bonchev–Trinajstić information content (AvgIpc) is 3.32. The fraction of sp³-hybridized carbons (Fsp3) is 0.250. The summed E-state index contributed by atoms with van der Waals surface area (Å²) in [6.07, 6.45) is 0.976. The summed E-state index contributed by atoms with van der Waals surface area (Å²) < 4.78 is 13.0. The Hall–Kier alpha value is -2.95. The van der Waals surface area contributed by atoms with Gasteiger partial charge in [-0.15, -0.1) is 0 Å². The first-order valence-electron chi connectivity index (χ1n) is 8.54. The van der Waals surface area contributed by atoms with Gasteiger partial charge in [0.25, 0.3) is 0 Å². The molecule has 0 unspecified atom stereocenters. The summed E-state index contributed by atoms with van der Waals surface area (Å²) in [6, 6.07) is 12.5. The molecule has 5 nitrogen and oxygen atoms in total. The molecule has 2 aliphatic rings. The molecule has 3 aromatic rings. The third-order valence-electron chi connectivity index (χ3n) is 5.03. The Labute approximate surface area is 146 Å². The van der Waals surface area contributed by atoms with E-state index in [-0.39, 0.29) is 6.79 Å². The molecule has 0 saturated heterocycles. The van der Waals surface area contributed by atoms with E-state index >= 15 is 0 Å². The Morgan fingerprint density at radius 2 is 1.88 bits per heavy atom. The monoisotopic (exact) mass is 333 g/mol. The number of aryl methyl sites for hydroxylation is 2. The molecule has 0 aliphatic carbocycles. The molecule has 0 spiro atoms. The van der Waals surface area contributed by atoms with Crippen molar-refractivity contribution in [2.45, 2.75) is 20.3 Å². The fourth-order valence-electron chi connectivity index (χ4n) is 3.49. The maximum Gasteiger partial charge on any atom is 0.231 e. The van der Waals surface area contributed by atoms with E-state index in [4.69, 9.17) is 14.6 Å². The summed E-state index contributed by atoms with van der Waals surface area (Å²) in [5, 5.41) is 8.41. The molecular weight excluding hydrogens is 314 g/mol. The van der Waals surface area contributed by atoms with Crippen molar-refractivity contribution >= 4 is 5.82 Å². The molecule has 5 heteroatoms. The van der Waals surface area contributed by atoms with Crippen LogP contribution in [0.5, 0.6) is 11.5 Å². The minimum absolute atomic E-state index is 0.287. The Balaban J connectivity index is 1.66. The van der Waals surface area contributed by atoms with Crippen LogP contribution in [0.15, 0.2) is 36.4 Å². The molecule has 3 heterocycles.